The zero-order valence-corrected chi connectivity index (χ0v) is 19.5. The first kappa shape index (κ1) is 28.7. The van der Waals surface area contributed by atoms with Crippen molar-refractivity contribution >= 4 is 17.9 Å². The van der Waals surface area contributed by atoms with Crippen molar-refractivity contribution in [2.45, 2.75) is 32.0 Å². The number of nitrogens with zero attached hydrogens (tertiary/aromatic N) is 4. The predicted molar refractivity (Wildman–Crippen MR) is 103 cm³/mol. The molecule has 0 radical (unpaired) electrons. The number of hydrogen-bond acceptors (Lipinski definition) is 11. The number of nitrogens with two attached hydrogens (primary N) is 1. The van der Waals surface area contributed by atoms with Crippen LogP contribution in [0.2, 0.25) is 0 Å². The summed E-state index contributed by atoms with van der Waals surface area (Å²) in [6.07, 6.45) is 0.759. The van der Waals surface area contributed by atoms with E-state index in [1.807, 2.05) is 0 Å². The van der Waals surface area contributed by atoms with Crippen LogP contribution in [0.4, 0.5) is 0 Å². The molecule has 2 bridgehead atoms. The summed E-state index contributed by atoms with van der Waals surface area (Å²) < 4.78 is 0. The first-order valence-electron chi connectivity index (χ1n) is 10.2. The fourth-order valence-electron chi connectivity index (χ4n) is 3.68. The first-order chi connectivity index (χ1) is 14.8. The summed E-state index contributed by atoms with van der Waals surface area (Å²) >= 11 is 0. The fraction of sp³-hybridized carbons (Fsp3) is 0.600. The van der Waals surface area contributed by atoms with Gasteiger partial charge in [-0.1, -0.05) is 6.07 Å². The maximum Gasteiger partial charge on any atom is 3.00 e. The van der Waals surface area contributed by atoms with Crippen LogP contribution in [0, 0.1) is 36.9 Å². The Hall–Kier alpha value is -1.37. The van der Waals surface area contributed by atoms with Gasteiger partial charge in [-0.05, 0) is 31.5 Å². The van der Waals surface area contributed by atoms with Gasteiger partial charge in [0.2, 0.25) is 0 Å². The third-order valence-corrected chi connectivity index (χ3v) is 5.14. The van der Waals surface area contributed by atoms with Crippen LogP contribution in [0.1, 0.15) is 24.2 Å². The number of rotatable bonds is 9. The number of carboxylic acids is 3. The van der Waals surface area contributed by atoms with E-state index in [9.17, 15) is 29.7 Å². The molecule has 0 saturated heterocycles. The predicted octanol–water partition coefficient (Wildman–Crippen LogP) is -4.64. The summed E-state index contributed by atoms with van der Waals surface area (Å²) in [5, 5.41) is 34.2. The molecule has 2 N–H and O–H groups in total. The average Bonchev–Trinajstić information content (AvgIpc) is 2.67. The van der Waals surface area contributed by atoms with Crippen molar-refractivity contribution in [1.82, 2.24) is 19.7 Å². The Balaban J connectivity index is 0.00000512. The molecule has 0 aliphatic carbocycles. The number of aromatic nitrogens is 1. The van der Waals surface area contributed by atoms with Gasteiger partial charge in [-0.2, -0.15) is 0 Å². The maximum atomic E-state index is 11.8. The van der Waals surface area contributed by atoms with Crippen LogP contribution < -0.4 is 21.1 Å². The van der Waals surface area contributed by atoms with Crippen LogP contribution in [0.5, 0.6) is 0 Å². The van der Waals surface area contributed by atoms with Gasteiger partial charge in [-0.3, -0.25) is 19.7 Å². The van der Waals surface area contributed by atoms with E-state index in [2.05, 4.69) is 4.98 Å². The molecule has 0 fully saturated rings. The second kappa shape index (κ2) is 14.7. The standard InChI is InChI=1S/C20H31N5O6.Tm/c21-6-2-5-17(20(30)31)25-9-7-23(13-18(26)27)11-15-3-1-4-16(22-15)12-24(8-10-25)14-19(28)29;/h1,3-4,17H,2,5-14,21H2,(H,26,27)(H,28,29)(H,30,31);/q;+3/p-3. The summed E-state index contributed by atoms with van der Waals surface area (Å²) in [4.78, 5) is 43.6. The van der Waals surface area contributed by atoms with Crippen molar-refractivity contribution in [3.63, 3.8) is 0 Å². The molecule has 0 amide bonds. The van der Waals surface area contributed by atoms with E-state index in [0.717, 1.165) is 0 Å². The minimum absolute atomic E-state index is 0. The Morgan fingerprint density at radius 2 is 1.44 bits per heavy atom. The fourth-order valence-corrected chi connectivity index (χ4v) is 3.68. The number of hydrogen-bond donors (Lipinski definition) is 1. The van der Waals surface area contributed by atoms with Gasteiger partial charge in [0.05, 0.1) is 29.3 Å². The van der Waals surface area contributed by atoms with Gasteiger partial charge < -0.3 is 35.4 Å². The molecule has 0 spiro atoms. The molecular formula is C20H28N5O6Tm. The van der Waals surface area contributed by atoms with Gasteiger partial charge in [0.15, 0.2) is 0 Å². The third kappa shape index (κ3) is 10.1. The number of carbonyl (C=O) groups is 3. The number of pyridine rings is 1. The van der Waals surface area contributed by atoms with Gasteiger partial charge in [-0.25, -0.2) is 0 Å². The molecule has 0 aromatic carbocycles. The van der Waals surface area contributed by atoms with E-state index in [0.29, 0.717) is 24.4 Å². The molecule has 1 unspecified atom stereocenters. The van der Waals surface area contributed by atoms with Crippen LogP contribution in [0.15, 0.2) is 18.2 Å². The van der Waals surface area contributed by atoms with E-state index >= 15 is 0 Å². The minimum atomic E-state index is -1.25. The number of carboxylic acid groups (broad SMARTS) is 3. The molecule has 1 aromatic heterocycles. The Kier molecular flexibility index (Phi) is 13.2. The summed E-state index contributed by atoms with van der Waals surface area (Å²) in [5.41, 5.74) is 6.78. The summed E-state index contributed by atoms with van der Waals surface area (Å²) in [6, 6.07) is 4.37. The molecule has 2 rings (SSSR count). The Morgan fingerprint density at radius 1 is 0.938 bits per heavy atom. The number of aliphatic carboxylic acids is 3. The van der Waals surface area contributed by atoms with Gasteiger partial charge in [0.1, 0.15) is 0 Å². The maximum absolute atomic E-state index is 11.8. The van der Waals surface area contributed by atoms with Crippen LogP contribution in [0.3, 0.4) is 0 Å². The zero-order valence-electron chi connectivity index (χ0n) is 17.7. The Bertz CT molecular complexity index is 723. The second-order valence-corrected chi connectivity index (χ2v) is 7.59. The SMILES string of the molecule is NCCCC(C(=O)[O-])N1CCN(CC(=O)[O-])Cc2cccc(n2)CN(CC(=O)[O-])CC1.[Tm+3]. The first-order valence-corrected chi connectivity index (χ1v) is 10.2. The monoisotopic (exact) mass is 603 g/mol. The van der Waals surface area contributed by atoms with Gasteiger partial charge in [0, 0.05) is 58.4 Å². The molecule has 1 aliphatic rings. The van der Waals surface area contributed by atoms with E-state index < -0.39 is 23.9 Å². The van der Waals surface area contributed by atoms with Gasteiger partial charge in [-0.15, -0.1) is 0 Å². The molecule has 2 heterocycles. The topological polar surface area (TPSA) is 169 Å². The minimum Gasteiger partial charge on any atom is -0.549 e. The van der Waals surface area contributed by atoms with Gasteiger partial charge >= 0.3 is 36.9 Å². The second-order valence-electron chi connectivity index (χ2n) is 7.59. The van der Waals surface area contributed by atoms with E-state index in [-0.39, 0.29) is 95.7 Å². The van der Waals surface area contributed by atoms with E-state index in [1.165, 1.54) is 0 Å². The molecule has 11 nitrogen and oxygen atoms in total. The van der Waals surface area contributed by atoms with Gasteiger partial charge in [0.25, 0.3) is 0 Å². The summed E-state index contributed by atoms with van der Waals surface area (Å²) in [7, 11) is 0. The van der Waals surface area contributed by atoms with Crippen molar-refractivity contribution in [3.8, 4) is 0 Å². The molecule has 1 atom stereocenters. The average molecular weight is 603 g/mol. The Labute approximate surface area is 216 Å². The molecule has 182 valence electrons. The van der Waals surface area contributed by atoms with Crippen LogP contribution in [-0.4, -0.2) is 89.4 Å². The van der Waals surface area contributed by atoms with Crippen LogP contribution >= 0.6 is 0 Å². The summed E-state index contributed by atoms with van der Waals surface area (Å²) in [5.74, 6) is -3.73. The number of carbonyl (C=O) groups excluding carboxylic acids is 3. The zero-order chi connectivity index (χ0) is 22.8. The summed E-state index contributed by atoms with van der Waals surface area (Å²) in [6.45, 7) is 1.14. The largest absolute Gasteiger partial charge is 3.00 e. The van der Waals surface area contributed by atoms with Crippen molar-refractivity contribution in [1.29, 1.82) is 0 Å². The molecule has 32 heavy (non-hydrogen) atoms. The van der Waals surface area contributed by atoms with Crippen molar-refractivity contribution in [2.24, 2.45) is 5.73 Å². The molecule has 1 aromatic rings. The molecular weight excluding hydrogens is 575 g/mol. The van der Waals surface area contributed by atoms with Crippen LogP contribution in [0.25, 0.3) is 0 Å². The van der Waals surface area contributed by atoms with Crippen molar-refractivity contribution in [3.05, 3.63) is 29.6 Å². The van der Waals surface area contributed by atoms with E-state index in [4.69, 9.17) is 5.73 Å². The molecule has 12 heteroatoms. The van der Waals surface area contributed by atoms with E-state index in [1.54, 1.807) is 32.9 Å². The number of fused-ring (bicyclic) bond motifs is 2. The Morgan fingerprint density at radius 3 is 1.84 bits per heavy atom. The molecule has 0 saturated carbocycles. The van der Waals surface area contributed by atoms with Crippen molar-refractivity contribution < 1.29 is 66.6 Å². The quantitative estimate of drug-likeness (QED) is 0.288. The van der Waals surface area contributed by atoms with Crippen molar-refractivity contribution in [2.75, 3.05) is 45.8 Å². The third-order valence-electron chi connectivity index (χ3n) is 5.14. The smallest absolute Gasteiger partial charge is 0.549 e. The normalized spacial score (nSPS) is 17.4. The molecule has 1 aliphatic heterocycles. The van der Waals surface area contributed by atoms with Crippen LogP contribution in [-0.2, 0) is 27.5 Å².